The third kappa shape index (κ3) is 4.97. The largest absolute Gasteiger partial charge is 0.455 e. The lowest BCUT2D eigenvalue weighted by molar-refractivity contribution is -0.137. The van der Waals surface area contributed by atoms with E-state index in [1.54, 1.807) is 34.1 Å². The number of nitrogens with one attached hydrogen (secondary N) is 1. The van der Waals surface area contributed by atoms with Crippen molar-refractivity contribution in [2.75, 3.05) is 38.0 Å². The lowest BCUT2D eigenvalue weighted by atomic mass is 10.2. The maximum atomic E-state index is 13.3. The van der Waals surface area contributed by atoms with Crippen LogP contribution >= 0.6 is 0 Å². The van der Waals surface area contributed by atoms with E-state index in [-0.39, 0.29) is 24.2 Å². The van der Waals surface area contributed by atoms with Crippen LogP contribution in [0.4, 0.5) is 10.1 Å². The van der Waals surface area contributed by atoms with Crippen LogP contribution in [0.2, 0.25) is 0 Å². The molecule has 27 heavy (non-hydrogen) atoms. The van der Waals surface area contributed by atoms with Gasteiger partial charge in [-0.15, -0.1) is 0 Å². The van der Waals surface area contributed by atoms with Crippen molar-refractivity contribution < 1.29 is 18.7 Å². The molecule has 2 amide bonds. The third-order valence-corrected chi connectivity index (χ3v) is 4.42. The average molecular weight is 371 g/mol. The second-order valence-corrected chi connectivity index (χ2v) is 6.30. The van der Waals surface area contributed by atoms with Crippen LogP contribution in [0, 0.1) is 5.82 Å². The van der Waals surface area contributed by atoms with Gasteiger partial charge in [0.15, 0.2) is 5.75 Å². The summed E-state index contributed by atoms with van der Waals surface area (Å²) >= 11 is 0. The van der Waals surface area contributed by atoms with Gasteiger partial charge in [-0.2, -0.15) is 0 Å². The standard InChI is InChI=1S/C20H22FN3O3/c1-15(25)23-9-11-24(12-10-23)20(26)14-22-18-7-2-3-8-19(18)27-17-6-4-5-16(21)13-17/h2-8,13,22H,9-12,14H2,1H3. The average Bonchev–Trinajstić information content (AvgIpc) is 2.67. The van der Waals surface area contributed by atoms with E-state index in [1.807, 2.05) is 12.1 Å². The molecular weight excluding hydrogens is 349 g/mol. The quantitative estimate of drug-likeness (QED) is 0.878. The van der Waals surface area contributed by atoms with Crippen LogP contribution in [0.25, 0.3) is 0 Å². The molecule has 0 unspecified atom stereocenters. The molecule has 2 aromatic rings. The van der Waals surface area contributed by atoms with Crippen LogP contribution in [0.3, 0.4) is 0 Å². The zero-order chi connectivity index (χ0) is 19.2. The number of rotatable bonds is 5. The Hall–Kier alpha value is -3.09. The number of hydrogen-bond acceptors (Lipinski definition) is 4. The van der Waals surface area contributed by atoms with E-state index < -0.39 is 0 Å². The van der Waals surface area contributed by atoms with Crippen molar-refractivity contribution in [3.05, 3.63) is 54.3 Å². The van der Waals surface area contributed by atoms with Crippen LogP contribution in [0.5, 0.6) is 11.5 Å². The van der Waals surface area contributed by atoms with Gasteiger partial charge in [-0.25, -0.2) is 4.39 Å². The van der Waals surface area contributed by atoms with Crippen molar-refractivity contribution in [2.45, 2.75) is 6.92 Å². The molecule has 142 valence electrons. The first-order valence-electron chi connectivity index (χ1n) is 8.82. The summed E-state index contributed by atoms with van der Waals surface area (Å²) in [7, 11) is 0. The number of piperazine rings is 1. The van der Waals surface area contributed by atoms with Crippen LogP contribution in [-0.2, 0) is 9.59 Å². The van der Waals surface area contributed by atoms with E-state index in [4.69, 9.17) is 4.74 Å². The Morgan fingerprint density at radius 3 is 2.44 bits per heavy atom. The predicted octanol–water partition coefficient (Wildman–Crippen LogP) is 2.72. The molecule has 1 saturated heterocycles. The summed E-state index contributed by atoms with van der Waals surface area (Å²) in [6, 6.07) is 13.1. The van der Waals surface area contributed by atoms with E-state index in [0.29, 0.717) is 43.4 Å². The molecule has 0 aromatic heterocycles. The summed E-state index contributed by atoms with van der Waals surface area (Å²) in [5.41, 5.74) is 0.650. The monoisotopic (exact) mass is 371 g/mol. The smallest absolute Gasteiger partial charge is 0.241 e. The Balaban J connectivity index is 1.58. The highest BCUT2D eigenvalue weighted by molar-refractivity contribution is 5.82. The van der Waals surface area contributed by atoms with Gasteiger partial charge in [-0.3, -0.25) is 9.59 Å². The summed E-state index contributed by atoms with van der Waals surface area (Å²) in [4.78, 5) is 27.3. The van der Waals surface area contributed by atoms with Crippen molar-refractivity contribution in [1.82, 2.24) is 9.80 Å². The molecule has 1 aliphatic rings. The molecule has 0 atom stereocenters. The lowest BCUT2D eigenvalue weighted by Gasteiger charge is -2.34. The molecule has 0 bridgehead atoms. The molecule has 0 spiro atoms. The number of anilines is 1. The van der Waals surface area contributed by atoms with Gasteiger partial charge in [0.05, 0.1) is 12.2 Å². The molecule has 7 heteroatoms. The van der Waals surface area contributed by atoms with Gasteiger partial charge < -0.3 is 19.9 Å². The van der Waals surface area contributed by atoms with Crippen LogP contribution in [0.15, 0.2) is 48.5 Å². The second kappa shape index (κ2) is 8.53. The van der Waals surface area contributed by atoms with Crippen LogP contribution in [-0.4, -0.2) is 54.3 Å². The SMILES string of the molecule is CC(=O)N1CCN(C(=O)CNc2ccccc2Oc2cccc(F)c2)CC1. The van der Waals surface area contributed by atoms with E-state index in [0.717, 1.165) is 0 Å². The molecule has 1 aliphatic heterocycles. The fourth-order valence-electron chi connectivity index (χ4n) is 2.91. The molecule has 6 nitrogen and oxygen atoms in total. The van der Waals surface area contributed by atoms with E-state index in [2.05, 4.69) is 5.32 Å². The van der Waals surface area contributed by atoms with E-state index in [9.17, 15) is 14.0 Å². The van der Waals surface area contributed by atoms with E-state index >= 15 is 0 Å². The fourth-order valence-corrected chi connectivity index (χ4v) is 2.91. The number of nitrogens with zero attached hydrogens (tertiary/aromatic N) is 2. The summed E-state index contributed by atoms with van der Waals surface area (Å²) in [5, 5.41) is 3.09. The summed E-state index contributed by atoms with van der Waals surface area (Å²) < 4.78 is 19.1. The normalized spacial score (nSPS) is 14.0. The third-order valence-electron chi connectivity index (χ3n) is 4.42. The molecule has 1 heterocycles. The van der Waals surface area contributed by atoms with Gasteiger partial charge in [0.25, 0.3) is 0 Å². The maximum Gasteiger partial charge on any atom is 0.241 e. The number of amides is 2. The van der Waals surface area contributed by atoms with Gasteiger partial charge >= 0.3 is 0 Å². The number of carbonyl (C=O) groups excluding carboxylic acids is 2. The number of ether oxygens (including phenoxy) is 1. The van der Waals surface area contributed by atoms with Crippen LogP contribution < -0.4 is 10.1 Å². The zero-order valence-corrected chi connectivity index (χ0v) is 15.2. The Labute approximate surface area is 157 Å². The Bertz CT molecular complexity index is 820. The summed E-state index contributed by atoms with van der Waals surface area (Å²) in [5.74, 6) is 0.508. The second-order valence-electron chi connectivity index (χ2n) is 6.30. The Morgan fingerprint density at radius 1 is 1.04 bits per heavy atom. The molecule has 3 rings (SSSR count). The number of halogens is 1. The first kappa shape index (κ1) is 18.7. The Morgan fingerprint density at radius 2 is 1.74 bits per heavy atom. The lowest BCUT2D eigenvalue weighted by Crippen LogP contribution is -2.51. The molecule has 2 aromatic carbocycles. The van der Waals surface area contributed by atoms with Crippen molar-refractivity contribution in [3.8, 4) is 11.5 Å². The number of para-hydroxylation sites is 2. The summed E-state index contributed by atoms with van der Waals surface area (Å²) in [6.45, 7) is 3.82. The molecule has 1 N–H and O–H groups in total. The van der Waals surface area contributed by atoms with Gasteiger partial charge in [0.2, 0.25) is 11.8 Å². The molecule has 0 saturated carbocycles. The predicted molar refractivity (Wildman–Crippen MR) is 100 cm³/mol. The van der Waals surface area contributed by atoms with Gasteiger partial charge in [-0.1, -0.05) is 18.2 Å². The van der Waals surface area contributed by atoms with Crippen molar-refractivity contribution >= 4 is 17.5 Å². The summed E-state index contributed by atoms with van der Waals surface area (Å²) in [6.07, 6.45) is 0. The van der Waals surface area contributed by atoms with Crippen molar-refractivity contribution in [1.29, 1.82) is 0 Å². The molecule has 1 fully saturated rings. The number of carbonyl (C=O) groups is 2. The fraction of sp³-hybridized carbons (Fsp3) is 0.300. The number of hydrogen-bond donors (Lipinski definition) is 1. The molecule has 0 radical (unpaired) electrons. The highest BCUT2D eigenvalue weighted by atomic mass is 19.1. The van der Waals surface area contributed by atoms with Crippen LogP contribution in [0.1, 0.15) is 6.92 Å². The molecular formula is C20H22FN3O3. The first-order valence-corrected chi connectivity index (χ1v) is 8.82. The van der Waals surface area contributed by atoms with Crippen molar-refractivity contribution in [2.24, 2.45) is 0 Å². The first-order chi connectivity index (χ1) is 13.0. The minimum atomic E-state index is -0.377. The highest BCUT2D eigenvalue weighted by Crippen LogP contribution is 2.29. The number of benzene rings is 2. The van der Waals surface area contributed by atoms with E-state index in [1.165, 1.54) is 19.1 Å². The van der Waals surface area contributed by atoms with Crippen molar-refractivity contribution in [3.63, 3.8) is 0 Å². The maximum absolute atomic E-state index is 13.3. The van der Waals surface area contributed by atoms with Gasteiger partial charge in [0, 0.05) is 39.2 Å². The Kier molecular flexibility index (Phi) is 5.90. The van der Waals surface area contributed by atoms with Gasteiger partial charge in [-0.05, 0) is 24.3 Å². The molecule has 0 aliphatic carbocycles. The zero-order valence-electron chi connectivity index (χ0n) is 15.2. The topological polar surface area (TPSA) is 61.9 Å². The minimum Gasteiger partial charge on any atom is -0.455 e. The highest BCUT2D eigenvalue weighted by Gasteiger charge is 2.22. The minimum absolute atomic E-state index is 0.0312. The van der Waals surface area contributed by atoms with Gasteiger partial charge in [0.1, 0.15) is 11.6 Å².